The molecule has 0 bridgehead atoms. The molecular weight excluding hydrogens is 280 g/mol. The van der Waals surface area contributed by atoms with Gasteiger partial charge in [-0.2, -0.15) is 0 Å². The largest absolute Gasteiger partial charge is 0.326 e. The van der Waals surface area contributed by atoms with E-state index >= 15 is 0 Å². The predicted molar refractivity (Wildman–Crippen MR) is 88.7 cm³/mol. The van der Waals surface area contributed by atoms with Gasteiger partial charge in [0.1, 0.15) is 0 Å². The second-order valence-electron chi connectivity index (χ2n) is 5.30. The van der Waals surface area contributed by atoms with Crippen LogP contribution in [0.3, 0.4) is 0 Å². The van der Waals surface area contributed by atoms with Crippen LogP contribution in [0.2, 0.25) is 0 Å². The molecule has 0 aromatic heterocycles. The minimum absolute atomic E-state index is 0.115. The maximum absolute atomic E-state index is 11.7. The third-order valence-electron chi connectivity index (χ3n) is 3.67. The van der Waals surface area contributed by atoms with E-state index in [1.165, 1.54) is 5.56 Å². The SMILES string of the molecule is CC(=O)N1c2ccc(SNc3ccccc3)cc2CC1C. The number of hydrogen-bond donors (Lipinski definition) is 1. The Hall–Kier alpha value is -1.94. The molecule has 0 aliphatic carbocycles. The van der Waals surface area contributed by atoms with Crippen LogP contribution in [0.25, 0.3) is 0 Å². The van der Waals surface area contributed by atoms with Gasteiger partial charge in [0, 0.05) is 29.2 Å². The third-order valence-corrected chi connectivity index (χ3v) is 4.49. The van der Waals surface area contributed by atoms with Crippen molar-refractivity contribution >= 4 is 29.2 Å². The minimum atomic E-state index is 0.115. The van der Waals surface area contributed by atoms with E-state index in [2.05, 4.69) is 29.8 Å². The molecule has 1 amide bonds. The topological polar surface area (TPSA) is 32.3 Å². The first-order valence-corrected chi connectivity index (χ1v) is 7.87. The fourth-order valence-corrected chi connectivity index (χ4v) is 3.48. The highest BCUT2D eigenvalue weighted by Crippen LogP contribution is 2.35. The van der Waals surface area contributed by atoms with E-state index in [0.717, 1.165) is 22.7 Å². The lowest BCUT2D eigenvalue weighted by atomic mass is 10.1. The van der Waals surface area contributed by atoms with Gasteiger partial charge >= 0.3 is 0 Å². The number of benzene rings is 2. The van der Waals surface area contributed by atoms with Gasteiger partial charge in [-0.25, -0.2) is 0 Å². The summed E-state index contributed by atoms with van der Waals surface area (Å²) in [7, 11) is 0. The zero-order valence-corrected chi connectivity index (χ0v) is 13.0. The first kappa shape index (κ1) is 14.0. The maximum Gasteiger partial charge on any atom is 0.224 e. The Labute approximate surface area is 129 Å². The molecule has 1 atom stereocenters. The Kier molecular flexibility index (Phi) is 3.88. The Balaban J connectivity index is 1.76. The van der Waals surface area contributed by atoms with Crippen molar-refractivity contribution in [2.45, 2.75) is 31.2 Å². The molecule has 0 spiro atoms. The molecule has 0 fully saturated rings. The first-order chi connectivity index (χ1) is 10.1. The molecule has 0 radical (unpaired) electrons. The third kappa shape index (κ3) is 2.90. The van der Waals surface area contributed by atoms with Crippen molar-refractivity contribution in [1.82, 2.24) is 0 Å². The minimum Gasteiger partial charge on any atom is -0.326 e. The van der Waals surface area contributed by atoms with Crippen LogP contribution in [-0.4, -0.2) is 11.9 Å². The van der Waals surface area contributed by atoms with E-state index in [4.69, 9.17) is 0 Å². The second-order valence-corrected chi connectivity index (χ2v) is 6.18. The standard InChI is InChI=1S/C17H18N2OS/c1-12-10-14-11-16(8-9-17(14)19(12)13(2)20)21-18-15-6-4-3-5-7-15/h3-9,11-12,18H,10H2,1-2H3. The summed E-state index contributed by atoms with van der Waals surface area (Å²) in [6.07, 6.45) is 0.925. The number of nitrogens with zero attached hydrogens (tertiary/aromatic N) is 1. The normalized spacial score (nSPS) is 16.7. The summed E-state index contributed by atoms with van der Waals surface area (Å²) in [5.74, 6) is 0.115. The molecule has 21 heavy (non-hydrogen) atoms. The fourth-order valence-electron chi connectivity index (χ4n) is 2.77. The summed E-state index contributed by atoms with van der Waals surface area (Å²) >= 11 is 1.60. The Morgan fingerprint density at radius 1 is 1.24 bits per heavy atom. The van der Waals surface area contributed by atoms with Crippen molar-refractivity contribution in [2.24, 2.45) is 0 Å². The summed E-state index contributed by atoms with van der Waals surface area (Å²) in [4.78, 5) is 14.8. The zero-order chi connectivity index (χ0) is 14.8. The summed E-state index contributed by atoms with van der Waals surface area (Å²) < 4.78 is 3.33. The molecule has 3 nitrogen and oxygen atoms in total. The molecule has 0 saturated carbocycles. The van der Waals surface area contributed by atoms with Gasteiger partial charge in [-0.3, -0.25) is 4.79 Å². The smallest absolute Gasteiger partial charge is 0.224 e. The molecular formula is C17H18N2OS. The van der Waals surface area contributed by atoms with Crippen molar-refractivity contribution in [3.05, 3.63) is 54.1 Å². The van der Waals surface area contributed by atoms with Crippen molar-refractivity contribution in [3.8, 4) is 0 Å². The van der Waals surface area contributed by atoms with Crippen LogP contribution in [0.5, 0.6) is 0 Å². The van der Waals surface area contributed by atoms with E-state index in [9.17, 15) is 4.79 Å². The number of hydrogen-bond acceptors (Lipinski definition) is 3. The lowest BCUT2D eigenvalue weighted by molar-refractivity contribution is -0.116. The van der Waals surface area contributed by atoms with Gasteiger partial charge < -0.3 is 9.62 Å². The predicted octanol–water partition coefficient (Wildman–Crippen LogP) is 4.10. The molecule has 2 aromatic carbocycles. The number of nitrogens with one attached hydrogen (secondary N) is 1. The van der Waals surface area contributed by atoms with E-state index in [1.54, 1.807) is 18.9 Å². The highest BCUT2D eigenvalue weighted by atomic mass is 32.2. The van der Waals surface area contributed by atoms with Crippen molar-refractivity contribution in [3.63, 3.8) is 0 Å². The van der Waals surface area contributed by atoms with E-state index in [0.29, 0.717) is 0 Å². The molecule has 0 saturated heterocycles. The van der Waals surface area contributed by atoms with Gasteiger partial charge in [0.05, 0.1) is 0 Å². The van der Waals surface area contributed by atoms with Gasteiger partial charge in [0.2, 0.25) is 5.91 Å². The number of amides is 1. The monoisotopic (exact) mass is 298 g/mol. The second kappa shape index (κ2) is 5.82. The van der Waals surface area contributed by atoms with Crippen molar-refractivity contribution < 1.29 is 4.79 Å². The summed E-state index contributed by atoms with van der Waals surface area (Å²) in [5.41, 5.74) is 3.39. The number of rotatable bonds is 3. The van der Waals surface area contributed by atoms with Crippen LogP contribution in [0, 0.1) is 0 Å². The van der Waals surface area contributed by atoms with Gasteiger partial charge in [-0.1, -0.05) is 18.2 Å². The number of carbonyl (C=O) groups excluding carboxylic acids is 1. The van der Waals surface area contributed by atoms with Gasteiger partial charge in [0.25, 0.3) is 0 Å². The van der Waals surface area contributed by atoms with E-state index < -0.39 is 0 Å². The van der Waals surface area contributed by atoms with Crippen molar-refractivity contribution in [1.29, 1.82) is 0 Å². The molecule has 1 aliphatic heterocycles. The van der Waals surface area contributed by atoms with E-state index in [-0.39, 0.29) is 11.9 Å². The molecule has 108 valence electrons. The highest BCUT2D eigenvalue weighted by molar-refractivity contribution is 8.00. The zero-order valence-electron chi connectivity index (χ0n) is 12.2. The quantitative estimate of drug-likeness (QED) is 0.866. The molecule has 1 heterocycles. The Morgan fingerprint density at radius 3 is 2.71 bits per heavy atom. The number of fused-ring (bicyclic) bond motifs is 1. The van der Waals surface area contributed by atoms with Crippen LogP contribution < -0.4 is 9.62 Å². The summed E-state index contributed by atoms with van der Waals surface area (Å²) in [5, 5.41) is 0. The Morgan fingerprint density at radius 2 is 2.00 bits per heavy atom. The average molecular weight is 298 g/mol. The van der Waals surface area contributed by atoms with Crippen LogP contribution in [0.15, 0.2) is 53.4 Å². The van der Waals surface area contributed by atoms with Crippen LogP contribution >= 0.6 is 11.9 Å². The molecule has 4 heteroatoms. The average Bonchev–Trinajstić information content (AvgIpc) is 2.81. The number of para-hydroxylation sites is 1. The van der Waals surface area contributed by atoms with Crippen LogP contribution in [0.4, 0.5) is 11.4 Å². The van der Waals surface area contributed by atoms with Crippen LogP contribution in [0.1, 0.15) is 19.4 Å². The first-order valence-electron chi connectivity index (χ1n) is 7.06. The maximum atomic E-state index is 11.7. The number of carbonyl (C=O) groups is 1. The summed E-state index contributed by atoms with van der Waals surface area (Å²) in [6.45, 7) is 3.72. The molecule has 3 rings (SSSR count). The van der Waals surface area contributed by atoms with Gasteiger partial charge in [-0.05, 0) is 61.2 Å². The van der Waals surface area contributed by atoms with Gasteiger partial charge in [-0.15, -0.1) is 0 Å². The van der Waals surface area contributed by atoms with Crippen molar-refractivity contribution in [2.75, 3.05) is 9.62 Å². The van der Waals surface area contributed by atoms with Crippen LogP contribution in [-0.2, 0) is 11.2 Å². The molecule has 1 unspecified atom stereocenters. The lowest BCUT2D eigenvalue weighted by Gasteiger charge is -2.20. The lowest BCUT2D eigenvalue weighted by Crippen LogP contribution is -2.33. The van der Waals surface area contributed by atoms with Gasteiger partial charge in [0.15, 0.2) is 0 Å². The molecule has 1 aliphatic rings. The fraction of sp³-hybridized carbons (Fsp3) is 0.235. The molecule has 1 N–H and O–H groups in total. The van der Waals surface area contributed by atoms with E-state index in [1.807, 2.05) is 35.2 Å². The highest BCUT2D eigenvalue weighted by Gasteiger charge is 2.28. The number of anilines is 2. The molecule has 2 aromatic rings. The summed E-state index contributed by atoms with van der Waals surface area (Å²) in [6, 6.07) is 16.6. The Bertz CT molecular complexity index is 657.